The van der Waals surface area contributed by atoms with E-state index in [4.69, 9.17) is 0 Å². The standard InChI is InChI=1S/C20H21F3N2O2/c1-12-4-7-16-15(9-12)17(26)10-18(20(21,22)23)25(16)11-14-3-2-8-24(14)19(27)13-5-6-13/h4,7,9-10,13-14H,2-3,5-6,8,11H2,1H3/t14-/m1/s1. The van der Waals surface area contributed by atoms with Crippen molar-refractivity contribution >= 4 is 16.8 Å². The summed E-state index contributed by atoms with van der Waals surface area (Å²) in [5.41, 5.74) is -0.493. The lowest BCUT2D eigenvalue weighted by Gasteiger charge is -2.28. The Morgan fingerprint density at radius 3 is 2.59 bits per heavy atom. The van der Waals surface area contributed by atoms with Crippen molar-refractivity contribution in [2.75, 3.05) is 6.54 Å². The Hall–Kier alpha value is -2.31. The van der Waals surface area contributed by atoms with E-state index in [1.807, 2.05) is 0 Å². The SMILES string of the molecule is Cc1ccc2c(c1)c(=O)cc(C(F)(F)F)n2C[C@H]1CCCN1C(=O)C1CC1. The Labute approximate surface area is 154 Å². The van der Waals surface area contributed by atoms with Crippen LogP contribution in [0.25, 0.3) is 10.9 Å². The quantitative estimate of drug-likeness (QED) is 0.817. The van der Waals surface area contributed by atoms with Crippen LogP contribution in [0.2, 0.25) is 0 Å². The third-order valence-corrected chi connectivity index (χ3v) is 5.54. The van der Waals surface area contributed by atoms with E-state index in [9.17, 15) is 22.8 Å². The van der Waals surface area contributed by atoms with Crippen molar-refractivity contribution < 1.29 is 18.0 Å². The molecule has 0 spiro atoms. The smallest absolute Gasteiger partial charge is 0.338 e. The second-order valence-electron chi connectivity index (χ2n) is 7.62. The van der Waals surface area contributed by atoms with Crippen LogP contribution in [-0.4, -0.2) is 28.0 Å². The van der Waals surface area contributed by atoms with Crippen LogP contribution in [0.5, 0.6) is 0 Å². The number of fused-ring (bicyclic) bond motifs is 1. The van der Waals surface area contributed by atoms with Gasteiger partial charge in [0.05, 0.1) is 5.52 Å². The van der Waals surface area contributed by atoms with Gasteiger partial charge in [-0.1, -0.05) is 11.6 Å². The Balaban J connectivity index is 1.80. The number of rotatable bonds is 3. The molecule has 1 aliphatic heterocycles. The molecule has 4 rings (SSSR count). The van der Waals surface area contributed by atoms with Gasteiger partial charge < -0.3 is 9.47 Å². The molecule has 2 heterocycles. The van der Waals surface area contributed by atoms with Crippen molar-refractivity contribution in [2.24, 2.45) is 5.92 Å². The van der Waals surface area contributed by atoms with Gasteiger partial charge in [-0.2, -0.15) is 13.2 Å². The molecule has 1 amide bonds. The minimum Gasteiger partial charge on any atom is -0.338 e. The van der Waals surface area contributed by atoms with Gasteiger partial charge in [0.2, 0.25) is 5.91 Å². The van der Waals surface area contributed by atoms with E-state index in [-0.39, 0.29) is 35.3 Å². The zero-order chi connectivity index (χ0) is 19.3. The van der Waals surface area contributed by atoms with Crippen LogP contribution in [0.3, 0.4) is 0 Å². The topological polar surface area (TPSA) is 42.3 Å². The molecule has 2 aromatic rings. The number of hydrogen-bond donors (Lipinski definition) is 0. The van der Waals surface area contributed by atoms with Gasteiger partial charge in [-0.3, -0.25) is 9.59 Å². The van der Waals surface area contributed by atoms with Crippen LogP contribution in [0.1, 0.15) is 36.9 Å². The van der Waals surface area contributed by atoms with Crippen molar-refractivity contribution in [3.05, 3.63) is 45.7 Å². The predicted molar refractivity (Wildman–Crippen MR) is 95.4 cm³/mol. The molecule has 2 aliphatic rings. The summed E-state index contributed by atoms with van der Waals surface area (Å²) in [6.45, 7) is 2.44. The van der Waals surface area contributed by atoms with Gasteiger partial charge in [-0.25, -0.2) is 0 Å². The molecular formula is C20H21F3N2O2. The zero-order valence-electron chi connectivity index (χ0n) is 15.1. The zero-order valence-corrected chi connectivity index (χ0v) is 15.1. The van der Waals surface area contributed by atoms with E-state index in [2.05, 4.69) is 0 Å². The van der Waals surface area contributed by atoms with E-state index >= 15 is 0 Å². The van der Waals surface area contributed by atoms with Crippen LogP contribution in [0.15, 0.2) is 29.1 Å². The number of nitrogens with zero attached hydrogens (tertiary/aromatic N) is 2. The molecule has 4 nitrogen and oxygen atoms in total. The molecule has 144 valence electrons. The van der Waals surface area contributed by atoms with Crippen LogP contribution in [0, 0.1) is 12.8 Å². The summed E-state index contributed by atoms with van der Waals surface area (Å²) in [4.78, 5) is 26.5. The highest BCUT2D eigenvalue weighted by molar-refractivity contribution is 5.82. The van der Waals surface area contributed by atoms with E-state index in [0.717, 1.165) is 24.8 Å². The van der Waals surface area contributed by atoms with Gasteiger partial charge in [-0.05, 0) is 44.7 Å². The van der Waals surface area contributed by atoms with E-state index in [1.54, 1.807) is 30.0 Å². The summed E-state index contributed by atoms with van der Waals surface area (Å²) in [6, 6.07) is 5.31. The van der Waals surface area contributed by atoms with Crippen molar-refractivity contribution in [3.8, 4) is 0 Å². The molecule has 2 fully saturated rings. The maximum Gasteiger partial charge on any atom is 0.431 e. The normalized spacial score (nSPS) is 20.4. The number of pyridine rings is 1. The third kappa shape index (κ3) is 3.35. The number of halogens is 3. The summed E-state index contributed by atoms with van der Waals surface area (Å²) < 4.78 is 42.2. The minimum atomic E-state index is -4.64. The predicted octanol–water partition coefficient (Wildman–Crippen LogP) is 3.73. The molecule has 1 saturated carbocycles. The lowest BCUT2D eigenvalue weighted by molar-refractivity contribution is -0.144. The first kappa shape index (κ1) is 18.1. The number of likely N-dealkylation sites (tertiary alicyclic amines) is 1. The molecule has 1 saturated heterocycles. The minimum absolute atomic E-state index is 0.0427. The summed E-state index contributed by atoms with van der Waals surface area (Å²) >= 11 is 0. The molecule has 1 atom stereocenters. The Bertz CT molecular complexity index is 960. The maximum absolute atomic E-state index is 13.7. The van der Waals surface area contributed by atoms with Gasteiger partial charge in [0.1, 0.15) is 5.69 Å². The lowest BCUT2D eigenvalue weighted by Crippen LogP contribution is -2.40. The maximum atomic E-state index is 13.7. The Morgan fingerprint density at radius 2 is 1.93 bits per heavy atom. The second kappa shape index (κ2) is 6.39. The van der Waals surface area contributed by atoms with Crippen molar-refractivity contribution in [1.29, 1.82) is 0 Å². The molecule has 1 aromatic carbocycles. The molecule has 7 heteroatoms. The molecule has 1 aromatic heterocycles. The highest BCUT2D eigenvalue weighted by Crippen LogP contribution is 2.35. The molecular weight excluding hydrogens is 357 g/mol. The van der Waals surface area contributed by atoms with Crippen LogP contribution in [-0.2, 0) is 17.5 Å². The number of aryl methyl sites for hydroxylation is 1. The molecule has 0 bridgehead atoms. The summed E-state index contributed by atoms with van der Waals surface area (Å²) in [6.07, 6.45) is -1.43. The monoisotopic (exact) mass is 378 g/mol. The number of amides is 1. The van der Waals surface area contributed by atoms with Gasteiger partial charge >= 0.3 is 6.18 Å². The first-order chi connectivity index (χ1) is 12.8. The van der Waals surface area contributed by atoms with Gasteiger partial charge in [-0.15, -0.1) is 0 Å². The van der Waals surface area contributed by atoms with Crippen molar-refractivity contribution in [3.63, 3.8) is 0 Å². The van der Waals surface area contributed by atoms with Crippen molar-refractivity contribution in [2.45, 2.75) is 51.4 Å². The molecule has 0 N–H and O–H groups in total. The number of carbonyl (C=O) groups excluding carboxylic acids is 1. The number of aromatic nitrogens is 1. The van der Waals surface area contributed by atoms with E-state index in [1.165, 1.54) is 4.57 Å². The number of carbonyl (C=O) groups is 1. The number of hydrogen-bond acceptors (Lipinski definition) is 2. The summed E-state index contributed by atoms with van der Waals surface area (Å²) in [5, 5.41) is 0.279. The molecule has 27 heavy (non-hydrogen) atoms. The van der Waals surface area contributed by atoms with Crippen LogP contribution < -0.4 is 5.43 Å². The highest BCUT2D eigenvalue weighted by Gasteiger charge is 2.40. The van der Waals surface area contributed by atoms with Crippen molar-refractivity contribution in [1.82, 2.24) is 9.47 Å². The summed E-state index contributed by atoms with van der Waals surface area (Å²) in [7, 11) is 0. The second-order valence-corrected chi connectivity index (χ2v) is 7.62. The van der Waals surface area contributed by atoms with Crippen LogP contribution in [0.4, 0.5) is 13.2 Å². The number of benzene rings is 1. The Kier molecular flexibility index (Phi) is 4.28. The largest absolute Gasteiger partial charge is 0.431 e. The highest BCUT2D eigenvalue weighted by atomic mass is 19.4. The van der Waals surface area contributed by atoms with E-state index < -0.39 is 17.3 Å². The first-order valence-corrected chi connectivity index (χ1v) is 9.27. The fourth-order valence-electron chi connectivity index (χ4n) is 4.01. The third-order valence-electron chi connectivity index (χ3n) is 5.54. The fourth-order valence-corrected chi connectivity index (χ4v) is 4.01. The summed E-state index contributed by atoms with van der Waals surface area (Å²) in [5.74, 6) is 0.105. The molecule has 0 radical (unpaired) electrons. The number of alkyl halides is 3. The first-order valence-electron chi connectivity index (χ1n) is 9.27. The van der Waals surface area contributed by atoms with Gasteiger partial charge in [0.15, 0.2) is 5.43 Å². The average molecular weight is 378 g/mol. The van der Waals surface area contributed by atoms with Crippen LogP contribution >= 0.6 is 0 Å². The van der Waals surface area contributed by atoms with E-state index in [0.29, 0.717) is 19.0 Å². The average Bonchev–Trinajstić information content (AvgIpc) is 3.35. The Morgan fingerprint density at radius 1 is 1.19 bits per heavy atom. The van der Waals surface area contributed by atoms with Gasteiger partial charge in [0.25, 0.3) is 0 Å². The molecule has 0 unspecified atom stereocenters. The fraction of sp³-hybridized carbons (Fsp3) is 0.500. The molecule has 1 aliphatic carbocycles. The van der Waals surface area contributed by atoms with Gasteiger partial charge in [0, 0.05) is 36.5 Å². The lowest BCUT2D eigenvalue weighted by atomic mass is 10.1.